The van der Waals surface area contributed by atoms with Crippen LogP contribution in [0.4, 0.5) is 0 Å². The molecule has 5 heteroatoms. The fourth-order valence-electron chi connectivity index (χ4n) is 3.05. The Kier molecular flexibility index (Phi) is 9.55. The van der Waals surface area contributed by atoms with Crippen LogP contribution in [0.2, 0.25) is 0 Å². The molecule has 2 rings (SSSR count). The lowest BCUT2D eigenvalue weighted by atomic mass is 9.98. The quantitative estimate of drug-likeness (QED) is 0.429. The molecule has 1 aromatic carbocycles. The van der Waals surface area contributed by atoms with Gasteiger partial charge < -0.3 is 15.5 Å². The number of piperidine rings is 1. The number of guanidine groups is 1. The second-order valence-corrected chi connectivity index (χ2v) is 6.42. The Morgan fingerprint density at radius 2 is 2.04 bits per heavy atom. The van der Waals surface area contributed by atoms with E-state index in [1.54, 1.807) is 0 Å². The summed E-state index contributed by atoms with van der Waals surface area (Å²) in [5.41, 5.74) is 1.36. The predicted octanol–water partition coefficient (Wildman–Crippen LogP) is 2.91. The van der Waals surface area contributed by atoms with E-state index in [0.717, 1.165) is 25.0 Å². The molecule has 1 aliphatic rings. The van der Waals surface area contributed by atoms with Gasteiger partial charge in [-0.05, 0) is 43.8 Å². The van der Waals surface area contributed by atoms with Crippen molar-refractivity contribution in [1.82, 2.24) is 15.5 Å². The Balaban J connectivity index is 0.00000264. The third-order valence-electron chi connectivity index (χ3n) is 4.45. The Morgan fingerprint density at radius 3 is 2.70 bits per heavy atom. The van der Waals surface area contributed by atoms with Crippen LogP contribution < -0.4 is 10.6 Å². The fraction of sp³-hybridized carbons (Fsp3) is 0.611. The van der Waals surface area contributed by atoms with E-state index in [0.29, 0.717) is 5.92 Å². The van der Waals surface area contributed by atoms with Crippen LogP contribution in [-0.2, 0) is 0 Å². The van der Waals surface area contributed by atoms with Crippen molar-refractivity contribution in [2.45, 2.75) is 25.7 Å². The third kappa shape index (κ3) is 7.08. The molecule has 1 aliphatic heterocycles. The zero-order valence-corrected chi connectivity index (χ0v) is 16.9. The molecule has 1 aromatic rings. The van der Waals surface area contributed by atoms with Gasteiger partial charge in [-0.15, -0.1) is 24.0 Å². The SMILES string of the molecule is CN=C(NCC1CCCN(C)C1)NCC(C)c1ccccc1.I. The zero-order valence-electron chi connectivity index (χ0n) is 14.6. The standard InChI is InChI=1S/C18H30N4.HI/c1-15(17-9-5-4-6-10-17)12-20-18(19-2)21-13-16-8-7-11-22(3)14-16;/h4-6,9-10,15-16H,7-8,11-14H2,1-3H3,(H2,19,20,21);1H. The van der Waals surface area contributed by atoms with Gasteiger partial charge in [-0.3, -0.25) is 4.99 Å². The van der Waals surface area contributed by atoms with Crippen LogP contribution in [0.15, 0.2) is 35.3 Å². The number of aliphatic imine (C=N–C) groups is 1. The molecule has 1 fully saturated rings. The molecule has 0 saturated carbocycles. The molecule has 1 heterocycles. The summed E-state index contributed by atoms with van der Waals surface area (Å²) in [7, 11) is 4.05. The highest BCUT2D eigenvalue weighted by atomic mass is 127. The smallest absolute Gasteiger partial charge is 0.191 e. The number of rotatable bonds is 5. The first-order valence-corrected chi connectivity index (χ1v) is 8.37. The van der Waals surface area contributed by atoms with E-state index in [2.05, 4.69) is 64.8 Å². The Hall–Kier alpha value is -0.820. The molecule has 0 spiro atoms. The van der Waals surface area contributed by atoms with Crippen molar-refractivity contribution in [3.05, 3.63) is 35.9 Å². The molecule has 130 valence electrons. The van der Waals surface area contributed by atoms with Gasteiger partial charge in [0, 0.05) is 26.7 Å². The van der Waals surface area contributed by atoms with Crippen LogP contribution in [0.1, 0.15) is 31.2 Å². The predicted molar refractivity (Wildman–Crippen MR) is 110 cm³/mol. The molecule has 0 amide bonds. The average molecular weight is 430 g/mol. The van der Waals surface area contributed by atoms with Crippen LogP contribution in [0.25, 0.3) is 0 Å². The highest BCUT2D eigenvalue weighted by Gasteiger charge is 2.17. The fourth-order valence-corrected chi connectivity index (χ4v) is 3.05. The number of halogens is 1. The summed E-state index contributed by atoms with van der Waals surface area (Å²) in [6, 6.07) is 10.6. The molecular weight excluding hydrogens is 399 g/mol. The van der Waals surface area contributed by atoms with Gasteiger partial charge in [-0.25, -0.2) is 0 Å². The monoisotopic (exact) mass is 430 g/mol. The Labute approximate surface area is 158 Å². The maximum atomic E-state index is 4.34. The highest BCUT2D eigenvalue weighted by molar-refractivity contribution is 14.0. The van der Waals surface area contributed by atoms with Crippen LogP contribution in [0.3, 0.4) is 0 Å². The lowest BCUT2D eigenvalue weighted by Gasteiger charge is -2.30. The van der Waals surface area contributed by atoms with Crippen molar-refractivity contribution in [3.8, 4) is 0 Å². The minimum Gasteiger partial charge on any atom is -0.356 e. The Bertz CT molecular complexity index is 463. The normalized spacial score (nSPS) is 20.5. The van der Waals surface area contributed by atoms with E-state index in [1.807, 2.05) is 7.05 Å². The second kappa shape index (κ2) is 10.9. The summed E-state index contributed by atoms with van der Waals surface area (Å²) in [5.74, 6) is 2.11. The summed E-state index contributed by atoms with van der Waals surface area (Å²) >= 11 is 0. The van der Waals surface area contributed by atoms with Crippen LogP contribution >= 0.6 is 24.0 Å². The average Bonchev–Trinajstić information content (AvgIpc) is 2.55. The van der Waals surface area contributed by atoms with Gasteiger partial charge in [0.1, 0.15) is 0 Å². The lowest BCUT2D eigenvalue weighted by molar-refractivity contribution is 0.210. The molecule has 2 N–H and O–H groups in total. The molecule has 4 nitrogen and oxygen atoms in total. The largest absolute Gasteiger partial charge is 0.356 e. The van der Waals surface area contributed by atoms with E-state index in [4.69, 9.17) is 0 Å². The van der Waals surface area contributed by atoms with Crippen molar-refractivity contribution in [1.29, 1.82) is 0 Å². The van der Waals surface area contributed by atoms with Crippen LogP contribution in [-0.4, -0.2) is 51.1 Å². The molecule has 2 atom stereocenters. The summed E-state index contributed by atoms with van der Waals surface area (Å²) in [4.78, 5) is 6.76. The molecule has 0 bridgehead atoms. The Morgan fingerprint density at radius 1 is 1.30 bits per heavy atom. The van der Waals surface area contributed by atoms with Crippen molar-refractivity contribution in [2.24, 2.45) is 10.9 Å². The number of nitrogens with zero attached hydrogens (tertiary/aromatic N) is 2. The van der Waals surface area contributed by atoms with Crippen LogP contribution in [0.5, 0.6) is 0 Å². The maximum Gasteiger partial charge on any atom is 0.191 e. The summed E-state index contributed by atoms with van der Waals surface area (Å²) < 4.78 is 0. The summed E-state index contributed by atoms with van der Waals surface area (Å²) in [6.07, 6.45) is 2.62. The number of benzene rings is 1. The molecular formula is C18H31IN4. The zero-order chi connectivity index (χ0) is 15.8. The van der Waals surface area contributed by atoms with E-state index < -0.39 is 0 Å². The summed E-state index contributed by atoms with van der Waals surface area (Å²) in [6.45, 7) is 6.56. The van der Waals surface area contributed by atoms with Gasteiger partial charge in [-0.1, -0.05) is 37.3 Å². The van der Waals surface area contributed by atoms with Crippen molar-refractivity contribution >= 4 is 29.9 Å². The topological polar surface area (TPSA) is 39.7 Å². The first-order valence-electron chi connectivity index (χ1n) is 8.37. The van der Waals surface area contributed by atoms with E-state index in [1.165, 1.54) is 31.5 Å². The first-order chi connectivity index (χ1) is 10.7. The number of likely N-dealkylation sites (tertiary alicyclic amines) is 1. The molecule has 0 aliphatic carbocycles. The van der Waals surface area contributed by atoms with E-state index >= 15 is 0 Å². The minimum absolute atomic E-state index is 0. The number of hydrogen-bond donors (Lipinski definition) is 2. The van der Waals surface area contributed by atoms with Gasteiger partial charge in [0.15, 0.2) is 5.96 Å². The van der Waals surface area contributed by atoms with E-state index in [-0.39, 0.29) is 24.0 Å². The van der Waals surface area contributed by atoms with Crippen LogP contribution in [0, 0.1) is 5.92 Å². The maximum absolute atomic E-state index is 4.34. The minimum atomic E-state index is 0. The van der Waals surface area contributed by atoms with Gasteiger partial charge in [0.2, 0.25) is 0 Å². The molecule has 0 aromatic heterocycles. The van der Waals surface area contributed by atoms with Crippen molar-refractivity contribution in [2.75, 3.05) is 40.3 Å². The van der Waals surface area contributed by atoms with Crippen molar-refractivity contribution in [3.63, 3.8) is 0 Å². The van der Waals surface area contributed by atoms with Gasteiger partial charge in [-0.2, -0.15) is 0 Å². The second-order valence-electron chi connectivity index (χ2n) is 6.42. The lowest BCUT2D eigenvalue weighted by Crippen LogP contribution is -2.44. The molecule has 1 saturated heterocycles. The number of nitrogens with one attached hydrogen (secondary N) is 2. The summed E-state index contributed by atoms with van der Waals surface area (Å²) in [5, 5.41) is 6.92. The first kappa shape index (κ1) is 20.2. The molecule has 0 radical (unpaired) electrons. The number of hydrogen-bond acceptors (Lipinski definition) is 2. The van der Waals surface area contributed by atoms with Crippen molar-refractivity contribution < 1.29 is 0 Å². The van der Waals surface area contributed by atoms with Gasteiger partial charge in [0.25, 0.3) is 0 Å². The van der Waals surface area contributed by atoms with Gasteiger partial charge in [0.05, 0.1) is 0 Å². The molecule has 2 unspecified atom stereocenters. The van der Waals surface area contributed by atoms with E-state index in [9.17, 15) is 0 Å². The third-order valence-corrected chi connectivity index (χ3v) is 4.45. The molecule has 23 heavy (non-hydrogen) atoms. The van der Waals surface area contributed by atoms with Gasteiger partial charge >= 0.3 is 0 Å². The highest BCUT2D eigenvalue weighted by Crippen LogP contribution is 2.14.